The van der Waals surface area contributed by atoms with Crippen molar-refractivity contribution in [3.63, 3.8) is 0 Å². The van der Waals surface area contributed by atoms with Gasteiger partial charge in [0.1, 0.15) is 12.6 Å². The third-order valence-corrected chi connectivity index (χ3v) is 9.92. The number of aliphatic carboxylic acids is 1. The highest BCUT2D eigenvalue weighted by molar-refractivity contribution is 7.47. The van der Waals surface area contributed by atoms with E-state index >= 15 is 0 Å². The first kappa shape index (κ1) is 50.4. The van der Waals surface area contributed by atoms with Crippen LogP contribution in [0.5, 0.6) is 0 Å². The van der Waals surface area contributed by atoms with Crippen molar-refractivity contribution in [1.82, 2.24) is 0 Å². The molecule has 12 nitrogen and oxygen atoms in total. The molecule has 1 saturated heterocycles. The number of phosphoric ester groups is 1. The second-order valence-electron chi connectivity index (χ2n) is 14.1. The molecule has 4 N–H and O–H groups in total. The molecule has 0 radical (unpaired) electrons. The van der Waals surface area contributed by atoms with Crippen LogP contribution < -0.4 is 5.73 Å². The topological polar surface area (TPSA) is 184 Å². The molecule has 13 heteroatoms. The molecule has 0 aromatic carbocycles. The summed E-state index contributed by atoms with van der Waals surface area (Å²) in [5.41, 5.74) is 5.32. The van der Waals surface area contributed by atoms with E-state index in [9.17, 15) is 23.8 Å². The maximum absolute atomic E-state index is 12.6. The minimum Gasteiger partial charge on any atom is -0.480 e. The predicted octanol–water partition coefficient (Wildman–Crippen LogP) is 9.60. The van der Waals surface area contributed by atoms with Gasteiger partial charge >= 0.3 is 25.7 Å². The lowest BCUT2D eigenvalue weighted by Crippen LogP contribution is -2.34. The van der Waals surface area contributed by atoms with Crippen molar-refractivity contribution in [2.75, 3.05) is 19.8 Å². The zero-order chi connectivity index (χ0) is 40.4. The Morgan fingerprint density at radius 2 is 1.20 bits per heavy atom. The Kier molecular flexibility index (Phi) is 30.7. The molecule has 5 atom stereocenters. The van der Waals surface area contributed by atoms with Crippen LogP contribution in [0, 0.1) is 0 Å². The van der Waals surface area contributed by atoms with Gasteiger partial charge in [0.15, 0.2) is 6.10 Å². The SMILES string of the molecule is CCCCC/C=C\C/C=C\C/C=C\CCCCC(=O)O[C@H](COC(=O)CCCCCCC/C=C\CC1OC1CCCCC)COP(=O)(O)OC[C@H](N)C(=O)O. The van der Waals surface area contributed by atoms with Crippen molar-refractivity contribution in [1.29, 1.82) is 0 Å². The highest BCUT2D eigenvalue weighted by Crippen LogP contribution is 2.43. The fraction of sp³-hybridized carbons (Fsp3) is 0.738. The number of nitrogens with two attached hydrogens (primary N) is 1. The summed E-state index contributed by atoms with van der Waals surface area (Å²) < 4.78 is 38.3. The third-order valence-electron chi connectivity index (χ3n) is 8.97. The molecule has 1 aliphatic rings. The predicted molar refractivity (Wildman–Crippen MR) is 216 cm³/mol. The summed E-state index contributed by atoms with van der Waals surface area (Å²) in [6.07, 6.45) is 37.8. The van der Waals surface area contributed by atoms with E-state index in [-0.39, 0.29) is 19.4 Å². The maximum Gasteiger partial charge on any atom is 0.472 e. The van der Waals surface area contributed by atoms with Crippen LogP contribution in [0.1, 0.15) is 155 Å². The van der Waals surface area contributed by atoms with Gasteiger partial charge in [-0.05, 0) is 77.0 Å². The molecule has 0 aliphatic carbocycles. The van der Waals surface area contributed by atoms with Crippen molar-refractivity contribution >= 4 is 25.7 Å². The van der Waals surface area contributed by atoms with Crippen molar-refractivity contribution in [3.8, 4) is 0 Å². The number of carboxylic acids is 1. The standard InChI is InChI=1S/C42H72NO11P/c1-3-5-7-8-9-10-11-12-13-14-15-16-21-24-28-32-41(45)53-36(34-51-55(48,49)52-35-37(43)42(46)47)33-50-40(44)31-27-23-20-18-17-19-22-26-30-39-38(54-39)29-25-6-4-2/h9-10,12-13,15-16,22,26,36-39H,3-8,11,14,17-21,23-25,27-35,43H2,1-2H3,(H,46,47)(H,48,49)/b10-9-,13-12-,16-15-,26-22-/t36-,37+,38?,39?/m1/s1. The lowest BCUT2D eigenvalue weighted by Gasteiger charge is -2.20. The quantitative estimate of drug-likeness (QED) is 0.0178. The van der Waals surface area contributed by atoms with Crippen LogP contribution in [0.3, 0.4) is 0 Å². The van der Waals surface area contributed by atoms with Crippen LogP contribution >= 0.6 is 7.82 Å². The monoisotopic (exact) mass is 797 g/mol. The van der Waals surface area contributed by atoms with Gasteiger partial charge in [-0.1, -0.05) is 114 Å². The lowest BCUT2D eigenvalue weighted by atomic mass is 10.1. The zero-order valence-corrected chi connectivity index (χ0v) is 34.6. The first-order chi connectivity index (χ1) is 26.6. The average Bonchev–Trinajstić information content (AvgIpc) is 3.91. The van der Waals surface area contributed by atoms with Crippen LogP contribution in [0.25, 0.3) is 0 Å². The number of esters is 2. The van der Waals surface area contributed by atoms with Crippen molar-refractivity contribution in [2.45, 2.75) is 179 Å². The van der Waals surface area contributed by atoms with E-state index in [2.05, 4.69) is 67.0 Å². The van der Waals surface area contributed by atoms with Gasteiger partial charge < -0.3 is 29.9 Å². The molecule has 0 aromatic heterocycles. The van der Waals surface area contributed by atoms with Gasteiger partial charge in [-0.25, -0.2) is 4.57 Å². The summed E-state index contributed by atoms with van der Waals surface area (Å²) in [6.45, 7) is 2.67. The lowest BCUT2D eigenvalue weighted by molar-refractivity contribution is -0.161. The van der Waals surface area contributed by atoms with Gasteiger partial charge in [-0.2, -0.15) is 0 Å². The number of ether oxygens (including phenoxy) is 3. The molecule has 0 spiro atoms. The summed E-state index contributed by atoms with van der Waals surface area (Å²) in [7, 11) is -4.73. The number of carbonyl (C=O) groups is 3. The maximum atomic E-state index is 12.6. The molecular formula is C42H72NO11P. The number of carboxylic acid groups (broad SMARTS) is 1. The Morgan fingerprint density at radius 3 is 1.87 bits per heavy atom. The number of allylic oxidation sites excluding steroid dienone is 7. The highest BCUT2D eigenvalue weighted by atomic mass is 31.2. The molecule has 0 amide bonds. The van der Waals surface area contributed by atoms with Crippen LogP contribution in [0.15, 0.2) is 48.6 Å². The number of carbonyl (C=O) groups excluding carboxylic acids is 2. The van der Waals surface area contributed by atoms with Crippen molar-refractivity contribution in [3.05, 3.63) is 48.6 Å². The molecule has 1 fully saturated rings. The molecule has 1 rings (SSSR count). The van der Waals surface area contributed by atoms with Gasteiger partial charge in [0.25, 0.3) is 0 Å². The minimum atomic E-state index is -4.73. The summed E-state index contributed by atoms with van der Waals surface area (Å²) in [6, 6.07) is -1.53. The largest absolute Gasteiger partial charge is 0.480 e. The molecule has 1 heterocycles. The van der Waals surface area contributed by atoms with Gasteiger partial charge in [0.05, 0.1) is 25.4 Å². The van der Waals surface area contributed by atoms with E-state index in [1.54, 1.807) is 0 Å². The van der Waals surface area contributed by atoms with E-state index < -0.39 is 51.1 Å². The fourth-order valence-electron chi connectivity index (χ4n) is 5.55. The second kappa shape index (κ2) is 33.5. The van der Waals surface area contributed by atoms with Crippen molar-refractivity contribution < 1.29 is 52.2 Å². The van der Waals surface area contributed by atoms with Gasteiger partial charge in [0.2, 0.25) is 0 Å². The van der Waals surface area contributed by atoms with Gasteiger partial charge in [-0.3, -0.25) is 23.4 Å². The molecule has 55 heavy (non-hydrogen) atoms. The number of hydrogen-bond acceptors (Lipinski definition) is 10. The third kappa shape index (κ3) is 31.2. The molecular weight excluding hydrogens is 725 g/mol. The molecule has 316 valence electrons. The van der Waals surface area contributed by atoms with Crippen LogP contribution in [0.4, 0.5) is 0 Å². The van der Waals surface area contributed by atoms with Gasteiger partial charge in [0, 0.05) is 12.8 Å². The summed E-state index contributed by atoms with van der Waals surface area (Å²) in [4.78, 5) is 45.9. The Bertz CT molecular complexity index is 1190. The van der Waals surface area contributed by atoms with Crippen molar-refractivity contribution in [2.24, 2.45) is 5.73 Å². The number of phosphoric acid groups is 1. The molecule has 0 saturated carbocycles. The summed E-state index contributed by atoms with van der Waals surface area (Å²) in [5, 5.41) is 8.88. The zero-order valence-electron chi connectivity index (χ0n) is 33.7. The molecule has 0 bridgehead atoms. The van der Waals surface area contributed by atoms with E-state index in [0.29, 0.717) is 25.0 Å². The second-order valence-corrected chi connectivity index (χ2v) is 15.6. The normalized spacial score (nSPS) is 18.0. The van der Waals surface area contributed by atoms with Crippen LogP contribution in [-0.2, 0) is 42.2 Å². The van der Waals surface area contributed by atoms with E-state index in [1.165, 1.54) is 44.9 Å². The summed E-state index contributed by atoms with van der Waals surface area (Å²) >= 11 is 0. The Morgan fingerprint density at radius 1 is 0.673 bits per heavy atom. The Hall–Kier alpha value is -2.60. The van der Waals surface area contributed by atoms with Gasteiger partial charge in [-0.15, -0.1) is 0 Å². The minimum absolute atomic E-state index is 0.105. The number of epoxide rings is 1. The van der Waals surface area contributed by atoms with E-state index in [4.69, 9.17) is 29.6 Å². The smallest absolute Gasteiger partial charge is 0.472 e. The average molecular weight is 798 g/mol. The number of unbranched alkanes of at least 4 members (excludes halogenated alkanes) is 12. The first-order valence-corrected chi connectivity index (χ1v) is 22.3. The molecule has 3 unspecified atom stereocenters. The molecule has 1 aliphatic heterocycles. The molecule has 0 aromatic rings. The highest BCUT2D eigenvalue weighted by Gasteiger charge is 2.36. The summed E-state index contributed by atoms with van der Waals surface area (Å²) in [5.74, 6) is -2.46. The number of rotatable bonds is 37. The number of hydrogen-bond donors (Lipinski definition) is 3. The Balaban J connectivity index is 2.33. The first-order valence-electron chi connectivity index (χ1n) is 20.8. The van der Waals surface area contributed by atoms with E-state index in [0.717, 1.165) is 70.6 Å². The van der Waals surface area contributed by atoms with Crippen LogP contribution in [-0.4, -0.2) is 72.1 Å². The fourth-order valence-corrected chi connectivity index (χ4v) is 6.33. The van der Waals surface area contributed by atoms with E-state index in [1.807, 2.05) is 0 Å². The Labute approximate surface area is 330 Å². The van der Waals surface area contributed by atoms with Crippen LogP contribution in [0.2, 0.25) is 0 Å².